The van der Waals surface area contributed by atoms with E-state index >= 15 is 0 Å². The summed E-state index contributed by atoms with van der Waals surface area (Å²) in [5.41, 5.74) is 0. The highest BCUT2D eigenvalue weighted by molar-refractivity contribution is 5.78. The molecule has 6 nitrogen and oxygen atoms in total. The molecule has 2 atom stereocenters. The van der Waals surface area contributed by atoms with Crippen molar-refractivity contribution >= 4 is 11.9 Å². The third-order valence-corrected chi connectivity index (χ3v) is 3.77. The number of rotatable bonds is 5. The maximum atomic E-state index is 11.8. The number of hydrogen-bond acceptors (Lipinski definition) is 4. The molecule has 6 heteroatoms. The van der Waals surface area contributed by atoms with Gasteiger partial charge in [-0.1, -0.05) is 0 Å². The van der Waals surface area contributed by atoms with Gasteiger partial charge in [0, 0.05) is 19.7 Å². The minimum atomic E-state index is -0.760. The Morgan fingerprint density at radius 1 is 1.32 bits per heavy atom. The lowest BCUT2D eigenvalue weighted by Gasteiger charge is -2.30. The second kappa shape index (κ2) is 6.86. The zero-order valence-corrected chi connectivity index (χ0v) is 11.1. The first-order valence-electron chi connectivity index (χ1n) is 6.98. The number of amides is 1. The average Bonchev–Trinajstić information content (AvgIpc) is 2.90. The zero-order chi connectivity index (χ0) is 13.7. The van der Waals surface area contributed by atoms with Crippen LogP contribution in [-0.4, -0.2) is 60.8 Å². The van der Waals surface area contributed by atoms with Crippen LogP contribution in [0.5, 0.6) is 0 Å². The van der Waals surface area contributed by atoms with Crippen LogP contribution >= 0.6 is 0 Å². The van der Waals surface area contributed by atoms with Gasteiger partial charge >= 0.3 is 5.97 Å². The number of ether oxygens (including phenoxy) is 1. The molecule has 2 rings (SSSR count). The number of piperidine rings is 1. The summed E-state index contributed by atoms with van der Waals surface area (Å²) in [6.45, 7) is 2.91. The minimum Gasteiger partial charge on any atom is -0.481 e. The number of carboxylic acids is 1. The first-order valence-corrected chi connectivity index (χ1v) is 6.98. The molecule has 0 saturated carbocycles. The Hall–Kier alpha value is -1.14. The molecular weight excluding hydrogens is 248 g/mol. The number of likely N-dealkylation sites (tertiary alicyclic amines) is 1. The number of carbonyl (C=O) groups excluding carboxylic acids is 1. The van der Waals surface area contributed by atoms with Gasteiger partial charge in [0.05, 0.1) is 18.6 Å². The molecule has 19 heavy (non-hydrogen) atoms. The minimum absolute atomic E-state index is 0.0402. The largest absolute Gasteiger partial charge is 0.481 e. The maximum Gasteiger partial charge on any atom is 0.307 e. The molecule has 2 N–H and O–H groups in total. The SMILES string of the molecule is O=C(CN1CCCC(C(=O)O)C1)NCC1CCCO1. The molecule has 0 radical (unpaired) electrons. The summed E-state index contributed by atoms with van der Waals surface area (Å²) in [5.74, 6) is -1.13. The van der Waals surface area contributed by atoms with Crippen LogP contribution in [0.1, 0.15) is 25.7 Å². The monoisotopic (exact) mass is 270 g/mol. The molecule has 0 spiro atoms. The number of hydrogen-bond donors (Lipinski definition) is 2. The summed E-state index contributed by atoms with van der Waals surface area (Å²) in [5, 5.41) is 11.9. The van der Waals surface area contributed by atoms with Gasteiger partial charge in [0.25, 0.3) is 0 Å². The van der Waals surface area contributed by atoms with Crippen LogP contribution in [0.25, 0.3) is 0 Å². The molecule has 0 aromatic heterocycles. The maximum absolute atomic E-state index is 11.8. The van der Waals surface area contributed by atoms with E-state index in [9.17, 15) is 9.59 Å². The molecule has 2 unspecified atom stereocenters. The van der Waals surface area contributed by atoms with Crippen LogP contribution in [0.4, 0.5) is 0 Å². The normalized spacial score (nSPS) is 28.2. The second-order valence-electron chi connectivity index (χ2n) is 5.35. The topological polar surface area (TPSA) is 78.9 Å². The van der Waals surface area contributed by atoms with Crippen molar-refractivity contribution < 1.29 is 19.4 Å². The summed E-state index contributed by atoms with van der Waals surface area (Å²) < 4.78 is 5.44. The van der Waals surface area contributed by atoms with Gasteiger partial charge in [-0.15, -0.1) is 0 Å². The Morgan fingerprint density at radius 2 is 2.16 bits per heavy atom. The molecule has 0 aromatic carbocycles. The van der Waals surface area contributed by atoms with Gasteiger partial charge in [-0.05, 0) is 32.2 Å². The summed E-state index contributed by atoms with van der Waals surface area (Å²) in [7, 11) is 0. The van der Waals surface area contributed by atoms with Crippen molar-refractivity contribution in [2.75, 3.05) is 32.8 Å². The molecule has 2 saturated heterocycles. The van der Waals surface area contributed by atoms with E-state index in [1.807, 2.05) is 4.90 Å². The summed E-state index contributed by atoms with van der Waals surface area (Å²) in [6.07, 6.45) is 3.77. The standard InChI is InChI=1S/C13H22N2O4/c16-12(14-7-11-4-2-6-19-11)9-15-5-1-3-10(8-15)13(17)18/h10-11H,1-9H2,(H,14,16)(H,17,18). The lowest BCUT2D eigenvalue weighted by atomic mass is 9.98. The van der Waals surface area contributed by atoms with Crippen molar-refractivity contribution in [1.29, 1.82) is 0 Å². The molecular formula is C13H22N2O4. The molecule has 2 heterocycles. The third-order valence-electron chi connectivity index (χ3n) is 3.77. The van der Waals surface area contributed by atoms with Crippen molar-refractivity contribution in [1.82, 2.24) is 10.2 Å². The van der Waals surface area contributed by atoms with Gasteiger partial charge in [0.15, 0.2) is 0 Å². The highest BCUT2D eigenvalue weighted by Gasteiger charge is 2.26. The summed E-state index contributed by atoms with van der Waals surface area (Å²) in [6, 6.07) is 0. The smallest absolute Gasteiger partial charge is 0.307 e. The van der Waals surface area contributed by atoms with Crippen molar-refractivity contribution in [2.24, 2.45) is 5.92 Å². The van der Waals surface area contributed by atoms with E-state index in [1.165, 1.54) is 0 Å². The predicted molar refractivity (Wildman–Crippen MR) is 68.8 cm³/mol. The van der Waals surface area contributed by atoms with Crippen molar-refractivity contribution in [2.45, 2.75) is 31.8 Å². The Labute approximate surface area is 113 Å². The fraction of sp³-hybridized carbons (Fsp3) is 0.846. The molecule has 0 aromatic rings. The molecule has 108 valence electrons. The van der Waals surface area contributed by atoms with Crippen molar-refractivity contribution in [3.63, 3.8) is 0 Å². The summed E-state index contributed by atoms with van der Waals surface area (Å²) in [4.78, 5) is 24.7. The molecule has 2 aliphatic heterocycles. The van der Waals surface area contributed by atoms with E-state index in [-0.39, 0.29) is 24.5 Å². The van der Waals surface area contributed by atoms with Gasteiger partial charge in [0.1, 0.15) is 0 Å². The first-order chi connectivity index (χ1) is 9.15. The van der Waals surface area contributed by atoms with E-state index in [4.69, 9.17) is 9.84 Å². The van der Waals surface area contributed by atoms with Gasteiger partial charge in [-0.3, -0.25) is 14.5 Å². The Kier molecular flexibility index (Phi) is 5.15. The number of carbonyl (C=O) groups is 2. The number of aliphatic carboxylic acids is 1. The number of nitrogens with one attached hydrogen (secondary N) is 1. The second-order valence-corrected chi connectivity index (χ2v) is 5.35. The fourth-order valence-electron chi connectivity index (χ4n) is 2.69. The molecule has 0 bridgehead atoms. The number of carboxylic acid groups (broad SMARTS) is 1. The molecule has 1 amide bonds. The third kappa shape index (κ3) is 4.47. The molecule has 2 aliphatic rings. The van der Waals surface area contributed by atoms with Gasteiger partial charge in [-0.25, -0.2) is 0 Å². The molecule has 2 fully saturated rings. The molecule has 0 aliphatic carbocycles. The van der Waals surface area contributed by atoms with Gasteiger partial charge in [-0.2, -0.15) is 0 Å². The van der Waals surface area contributed by atoms with E-state index < -0.39 is 5.97 Å². The van der Waals surface area contributed by atoms with Crippen LogP contribution in [-0.2, 0) is 14.3 Å². The Bertz CT molecular complexity index is 329. The predicted octanol–water partition coefficient (Wildman–Crippen LogP) is 0.0782. The van der Waals surface area contributed by atoms with Crippen molar-refractivity contribution in [3.8, 4) is 0 Å². The lowest BCUT2D eigenvalue weighted by molar-refractivity contribution is -0.144. The average molecular weight is 270 g/mol. The first kappa shape index (κ1) is 14.3. The van der Waals surface area contributed by atoms with Gasteiger partial charge < -0.3 is 15.2 Å². The van der Waals surface area contributed by atoms with E-state index in [0.29, 0.717) is 19.5 Å². The van der Waals surface area contributed by atoms with Crippen LogP contribution in [0.2, 0.25) is 0 Å². The highest BCUT2D eigenvalue weighted by atomic mass is 16.5. The van der Waals surface area contributed by atoms with Crippen LogP contribution in [0.3, 0.4) is 0 Å². The Balaban J connectivity index is 1.67. The van der Waals surface area contributed by atoms with Crippen LogP contribution in [0, 0.1) is 5.92 Å². The van der Waals surface area contributed by atoms with Crippen LogP contribution in [0.15, 0.2) is 0 Å². The van der Waals surface area contributed by atoms with E-state index in [2.05, 4.69) is 5.32 Å². The summed E-state index contributed by atoms with van der Waals surface area (Å²) >= 11 is 0. The lowest BCUT2D eigenvalue weighted by Crippen LogP contribution is -2.45. The van der Waals surface area contributed by atoms with Gasteiger partial charge in [0.2, 0.25) is 5.91 Å². The zero-order valence-electron chi connectivity index (χ0n) is 11.1. The fourth-order valence-corrected chi connectivity index (χ4v) is 2.69. The van der Waals surface area contributed by atoms with E-state index in [1.54, 1.807) is 0 Å². The quantitative estimate of drug-likeness (QED) is 0.739. The highest BCUT2D eigenvalue weighted by Crippen LogP contribution is 2.16. The number of nitrogens with zero attached hydrogens (tertiary/aromatic N) is 1. The Morgan fingerprint density at radius 3 is 2.84 bits per heavy atom. The van der Waals surface area contributed by atoms with Crippen molar-refractivity contribution in [3.05, 3.63) is 0 Å². The van der Waals surface area contributed by atoms with E-state index in [0.717, 1.165) is 32.4 Å². The van der Waals surface area contributed by atoms with Crippen LogP contribution < -0.4 is 5.32 Å².